The van der Waals surface area contributed by atoms with Gasteiger partial charge >= 0.3 is 11.9 Å². The van der Waals surface area contributed by atoms with Gasteiger partial charge in [0.25, 0.3) is 0 Å². The van der Waals surface area contributed by atoms with Crippen LogP contribution in [-0.4, -0.2) is 46.7 Å². The number of hydrogen-bond acceptors (Lipinski definition) is 5. The van der Waals surface area contributed by atoms with Crippen LogP contribution >= 0.6 is 0 Å². The predicted molar refractivity (Wildman–Crippen MR) is 122 cm³/mol. The Morgan fingerprint density at radius 2 is 1.72 bits per heavy atom. The van der Waals surface area contributed by atoms with E-state index in [2.05, 4.69) is 29.2 Å². The van der Waals surface area contributed by atoms with E-state index in [9.17, 15) is 14.7 Å². The summed E-state index contributed by atoms with van der Waals surface area (Å²) in [6.07, 6.45) is 4.53. The van der Waals surface area contributed by atoms with E-state index in [0.717, 1.165) is 56.6 Å². The molecule has 1 aliphatic heterocycles. The van der Waals surface area contributed by atoms with Crippen LogP contribution < -0.4 is 0 Å². The van der Waals surface area contributed by atoms with Crippen molar-refractivity contribution in [3.05, 3.63) is 77.9 Å². The Morgan fingerprint density at radius 1 is 1.06 bits per heavy atom. The molecule has 1 saturated heterocycles. The molecule has 32 heavy (non-hydrogen) atoms. The zero-order valence-corrected chi connectivity index (χ0v) is 18.4. The number of rotatable bonds is 9. The van der Waals surface area contributed by atoms with Crippen molar-refractivity contribution in [2.75, 3.05) is 19.6 Å². The Kier molecular flexibility index (Phi) is 8.45. The lowest BCUT2D eigenvalue weighted by atomic mass is 9.89. The lowest BCUT2D eigenvalue weighted by Gasteiger charge is -2.35. The van der Waals surface area contributed by atoms with Gasteiger partial charge in [-0.15, -0.1) is 0 Å². The van der Waals surface area contributed by atoms with E-state index >= 15 is 0 Å². The Labute approximate surface area is 189 Å². The molecular weight excluding hydrogens is 406 g/mol. The highest BCUT2D eigenvalue weighted by molar-refractivity contribution is 5.90. The topological polar surface area (TPSA) is 87.1 Å². The number of phenols is 1. The van der Waals surface area contributed by atoms with E-state index in [0.29, 0.717) is 5.92 Å². The number of aliphatic carboxylic acids is 1. The van der Waals surface area contributed by atoms with Crippen LogP contribution in [0.5, 0.6) is 5.75 Å². The second kappa shape index (κ2) is 11.5. The molecule has 0 aliphatic carbocycles. The molecule has 2 N–H and O–H groups in total. The highest BCUT2D eigenvalue weighted by Crippen LogP contribution is 2.30. The van der Waals surface area contributed by atoms with Gasteiger partial charge in [-0.1, -0.05) is 49.4 Å². The molecule has 1 fully saturated rings. The van der Waals surface area contributed by atoms with Gasteiger partial charge in [-0.2, -0.15) is 0 Å². The van der Waals surface area contributed by atoms with Gasteiger partial charge in [-0.05, 0) is 61.5 Å². The smallest absolute Gasteiger partial charge is 0.331 e. The number of ether oxygens (including phenoxy) is 1. The fourth-order valence-corrected chi connectivity index (χ4v) is 4.30. The third kappa shape index (κ3) is 7.24. The molecule has 0 unspecified atom stereocenters. The minimum Gasteiger partial charge on any atom is -0.508 e. The average Bonchev–Trinajstić information content (AvgIpc) is 2.79. The highest BCUT2D eigenvalue weighted by atomic mass is 16.5. The van der Waals surface area contributed by atoms with Crippen molar-refractivity contribution >= 4 is 11.9 Å². The maximum atomic E-state index is 12.2. The number of carboxylic acids is 1. The van der Waals surface area contributed by atoms with Crippen LogP contribution in [-0.2, 0) is 20.7 Å². The molecule has 2 aromatic rings. The van der Waals surface area contributed by atoms with Crippen molar-refractivity contribution < 1.29 is 24.5 Å². The first-order valence-electron chi connectivity index (χ1n) is 11.1. The average molecular weight is 438 g/mol. The number of hydrogen-bond donors (Lipinski definition) is 2. The lowest BCUT2D eigenvalue weighted by Crippen LogP contribution is -2.38. The van der Waals surface area contributed by atoms with Crippen molar-refractivity contribution in [3.8, 4) is 5.75 Å². The minimum absolute atomic E-state index is 0.00704. The second-order valence-corrected chi connectivity index (χ2v) is 8.53. The zero-order valence-electron chi connectivity index (χ0n) is 18.4. The van der Waals surface area contributed by atoms with Crippen molar-refractivity contribution in [1.29, 1.82) is 0 Å². The van der Waals surface area contributed by atoms with E-state index in [-0.39, 0.29) is 11.7 Å². The largest absolute Gasteiger partial charge is 0.508 e. The predicted octanol–water partition coefficient (Wildman–Crippen LogP) is 4.21. The van der Waals surface area contributed by atoms with Gasteiger partial charge in [-0.25, -0.2) is 9.59 Å². The quantitative estimate of drug-likeness (QED) is 0.451. The fourth-order valence-electron chi connectivity index (χ4n) is 4.30. The Balaban J connectivity index is 1.59. The first-order chi connectivity index (χ1) is 15.4. The van der Waals surface area contributed by atoms with E-state index < -0.39 is 18.0 Å². The van der Waals surface area contributed by atoms with Crippen molar-refractivity contribution in [3.63, 3.8) is 0 Å². The van der Waals surface area contributed by atoms with Crippen LogP contribution in [0.3, 0.4) is 0 Å². The molecule has 0 bridgehead atoms. The Morgan fingerprint density at radius 3 is 2.34 bits per heavy atom. The van der Waals surface area contributed by atoms with Crippen LogP contribution in [0.2, 0.25) is 0 Å². The number of aromatic hydroxyl groups is 1. The normalized spacial score (nSPS) is 17.2. The summed E-state index contributed by atoms with van der Waals surface area (Å²) in [6.45, 7) is 4.79. The van der Waals surface area contributed by atoms with Crippen molar-refractivity contribution in [2.24, 2.45) is 11.8 Å². The molecule has 170 valence electrons. The van der Waals surface area contributed by atoms with Crippen LogP contribution in [0, 0.1) is 11.8 Å². The third-order valence-electron chi connectivity index (χ3n) is 5.96. The Bertz CT molecular complexity index is 902. The molecule has 0 aromatic heterocycles. The SMILES string of the molecule is C[C@H](CN1CCC(Cc2ccccc2)CC1)[C@@H](OC(=O)/C=C/C(=O)O)c1ccc(O)cc1. The van der Waals surface area contributed by atoms with Gasteiger partial charge in [0.2, 0.25) is 0 Å². The number of phenolic OH excluding ortho intramolecular Hbond substituents is 1. The molecule has 0 spiro atoms. The summed E-state index contributed by atoms with van der Waals surface area (Å²) in [7, 11) is 0. The molecule has 2 atom stereocenters. The lowest BCUT2D eigenvalue weighted by molar-refractivity contribution is -0.147. The molecule has 0 amide bonds. The fraction of sp³-hybridized carbons (Fsp3) is 0.385. The van der Waals surface area contributed by atoms with Gasteiger partial charge < -0.3 is 19.8 Å². The van der Waals surface area contributed by atoms with Gasteiger partial charge in [0.1, 0.15) is 11.9 Å². The van der Waals surface area contributed by atoms with Crippen LogP contribution in [0.15, 0.2) is 66.7 Å². The van der Waals surface area contributed by atoms with Crippen LogP contribution in [0.4, 0.5) is 0 Å². The standard InChI is InChI=1S/C26H31NO5/c1-19(18-27-15-13-21(14-16-27)17-20-5-3-2-4-6-20)26(22-7-9-23(28)10-8-22)32-25(31)12-11-24(29)30/h2-12,19,21,26,28H,13-18H2,1H3,(H,29,30)/b12-11+/t19-,26-/m1/s1. The number of nitrogens with zero attached hydrogens (tertiary/aromatic N) is 1. The third-order valence-corrected chi connectivity index (χ3v) is 5.96. The number of esters is 1. The molecule has 1 aliphatic rings. The van der Waals surface area contributed by atoms with Gasteiger partial charge in [0.15, 0.2) is 0 Å². The molecular formula is C26H31NO5. The second-order valence-electron chi connectivity index (χ2n) is 8.53. The molecule has 3 rings (SSSR count). The highest BCUT2D eigenvalue weighted by Gasteiger charge is 2.27. The number of piperidine rings is 1. The zero-order chi connectivity index (χ0) is 22.9. The summed E-state index contributed by atoms with van der Waals surface area (Å²) in [4.78, 5) is 25.3. The molecule has 0 saturated carbocycles. The van der Waals surface area contributed by atoms with Gasteiger partial charge in [0.05, 0.1) is 0 Å². The summed E-state index contributed by atoms with van der Waals surface area (Å²) >= 11 is 0. The number of likely N-dealkylation sites (tertiary alicyclic amines) is 1. The van der Waals surface area contributed by atoms with Crippen molar-refractivity contribution in [2.45, 2.75) is 32.3 Å². The van der Waals surface area contributed by atoms with E-state index in [1.54, 1.807) is 24.3 Å². The Hall–Kier alpha value is -3.12. The summed E-state index contributed by atoms with van der Waals surface area (Å²) in [6, 6.07) is 17.2. The monoisotopic (exact) mass is 437 g/mol. The summed E-state index contributed by atoms with van der Waals surface area (Å²) in [5, 5.41) is 18.4. The van der Waals surface area contributed by atoms with E-state index in [4.69, 9.17) is 9.84 Å². The molecule has 2 aromatic carbocycles. The maximum Gasteiger partial charge on any atom is 0.331 e. The van der Waals surface area contributed by atoms with Gasteiger partial charge in [-0.3, -0.25) is 0 Å². The summed E-state index contributed by atoms with van der Waals surface area (Å²) in [5.74, 6) is -1.09. The maximum absolute atomic E-state index is 12.2. The van der Waals surface area contributed by atoms with Crippen LogP contribution in [0.1, 0.15) is 37.0 Å². The molecule has 6 nitrogen and oxygen atoms in total. The van der Waals surface area contributed by atoms with Crippen LogP contribution in [0.25, 0.3) is 0 Å². The van der Waals surface area contributed by atoms with E-state index in [1.165, 1.54) is 5.56 Å². The minimum atomic E-state index is -1.20. The summed E-state index contributed by atoms with van der Waals surface area (Å²) in [5.41, 5.74) is 2.15. The van der Waals surface area contributed by atoms with Crippen molar-refractivity contribution in [1.82, 2.24) is 4.90 Å². The molecule has 0 radical (unpaired) electrons. The number of benzene rings is 2. The number of carboxylic acid groups (broad SMARTS) is 1. The number of carbonyl (C=O) groups is 2. The molecule has 1 heterocycles. The van der Waals surface area contributed by atoms with Gasteiger partial charge in [0, 0.05) is 24.6 Å². The van der Waals surface area contributed by atoms with E-state index in [1.807, 2.05) is 13.0 Å². The first kappa shape index (κ1) is 23.5. The summed E-state index contributed by atoms with van der Waals surface area (Å²) < 4.78 is 5.63. The molecule has 6 heteroatoms. The number of carbonyl (C=O) groups excluding carboxylic acids is 1. The first-order valence-corrected chi connectivity index (χ1v) is 11.1.